The summed E-state index contributed by atoms with van der Waals surface area (Å²) in [7, 11) is 0. The molecule has 3 nitrogen and oxygen atoms in total. The molecule has 3 heteroatoms. The number of hydrogen-bond donors (Lipinski definition) is 0. The maximum atomic E-state index is 11.0. The lowest BCUT2D eigenvalue weighted by atomic mass is 9.96. The minimum Gasteiger partial charge on any atom is -0.300 e. The molecule has 0 bridgehead atoms. The van der Waals surface area contributed by atoms with Crippen LogP contribution in [0.15, 0.2) is 18.2 Å². The van der Waals surface area contributed by atoms with E-state index in [2.05, 4.69) is 30.2 Å². The molecule has 2 rings (SSSR count). The second-order valence-corrected chi connectivity index (χ2v) is 5.08. The average molecular weight is 216 g/mol. The van der Waals surface area contributed by atoms with Crippen molar-refractivity contribution in [1.82, 2.24) is 9.38 Å². The number of aromatic nitrogens is 2. The number of hydrogen-bond acceptors (Lipinski definition) is 2. The van der Waals surface area contributed by atoms with Crippen LogP contribution in [0.2, 0.25) is 0 Å². The fraction of sp³-hybridized carbons (Fsp3) is 0.385. The number of fused-ring (bicyclic) bond motifs is 1. The highest BCUT2D eigenvalue weighted by Gasteiger charge is 2.22. The summed E-state index contributed by atoms with van der Waals surface area (Å²) in [5.74, 6) is 0.933. The standard InChI is InChI=1S/C13H16N2O/c1-9-6-5-7-11-10(8-16)14-12(15(9)11)13(2,3)4/h5-8H,1-4H3. The van der Waals surface area contributed by atoms with Crippen molar-refractivity contribution >= 4 is 11.8 Å². The quantitative estimate of drug-likeness (QED) is 0.687. The number of pyridine rings is 1. The van der Waals surface area contributed by atoms with Crippen molar-refractivity contribution in [2.75, 3.05) is 0 Å². The lowest BCUT2D eigenvalue weighted by molar-refractivity contribution is 0.112. The maximum Gasteiger partial charge on any atom is 0.170 e. The van der Waals surface area contributed by atoms with Gasteiger partial charge in [-0.1, -0.05) is 26.8 Å². The molecule has 0 N–H and O–H groups in total. The molecule has 2 aromatic rings. The molecule has 0 unspecified atom stereocenters. The highest BCUT2D eigenvalue weighted by Crippen LogP contribution is 2.25. The van der Waals surface area contributed by atoms with Crippen LogP contribution in [0.25, 0.3) is 5.52 Å². The van der Waals surface area contributed by atoms with Crippen LogP contribution < -0.4 is 0 Å². The first-order chi connectivity index (χ1) is 7.45. The van der Waals surface area contributed by atoms with E-state index in [0.717, 1.165) is 23.3 Å². The number of rotatable bonds is 1. The van der Waals surface area contributed by atoms with E-state index in [-0.39, 0.29) is 5.41 Å². The fourth-order valence-electron chi connectivity index (χ4n) is 1.91. The third-order valence-electron chi connectivity index (χ3n) is 2.67. The van der Waals surface area contributed by atoms with E-state index in [0.29, 0.717) is 5.69 Å². The molecule has 0 spiro atoms. The van der Waals surface area contributed by atoms with Gasteiger partial charge in [-0.25, -0.2) is 4.98 Å². The Bertz CT molecular complexity index is 547. The Hall–Kier alpha value is -1.64. The zero-order valence-corrected chi connectivity index (χ0v) is 10.1. The van der Waals surface area contributed by atoms with Crippen LogP contribution in [0.1, 0.15) is 42.8 Å². The maximum absolute atomic E-state index is 11.0. The minimum atomic E-state index is -0.0731. The molecule has 0 saturated carbocycles. The monoisotopic (exact) mass is 216 g/mol. The van der Waals surface area contributed by atoms with E-state index >= 15 is 0 Å². The Morgan fingerprint density at radius 2 is 2.00 bits per heavy atom. The van der Waals surface area contributed by atoms with E-state index in [4.69, 9.17) is 0 Å². The summed E-state index contributed by atoms with van der Waals surface area (Å²) in [6.07, 6.45) is 0.823. The van der Waals surface area contributed by atoms with Crippen LogP contribution in [-0.2, 0) is 5.41 Å². The van der Waals surface area contributed by atoms with Crippen molar-refractivity contribution in [1.29, 1.82) is 0 Å². The largest absolute Gasteiger partial charge is 0.300 e. The lowest BCUT2D eigenvalue weighted by Crippen LogP contribution is -2.16. The number of imidazole rings is 1. The molecule has 16 heavy (non-hydrogen) atoms. The van der Waals surface area contributed by atoms with Crippen LogP contribution in [0, 0.1) is 6.92 Å². The first kappa shape index (κ1) is 10.9. The van der Waals surface area contributed by atoms with Gasteiger partial charge in [0.1, 0.15) is 11.5 Å². The average Bonchev–Trinajstić information content (AvgIpc) is 2.57. The van der Waals surface area contributed by atoms with E-state index in [1.807, 2.05) is 25.1 Å². The Morgan fingerprint density at radius 3 is 2.56 bits per heavy atom. The highest BCUT2D eigenvalue weighted by atomic mass is 16.1. The van der Waals surface area contributed by atoms with Gasteiger partial charge in [-0.3, -0.25) is 9.20 Å². The summed E-state index contributed by atoms with van der Waals surface area (Å²) < 4.78 is 2.06. The molecule has 0 radical (unpaired) electrons. The number of carbonyl (C=O) groups excluding carboxylic acids is 1. The molecule has 84 valence electrons. The summed E-state index contributed by atoms with van der Waals surface area (Å²) in [5, 5.41) is 0. The molecule has 0 fully saturated rings. The van der Waals surface area contributed by atoms with Gasteiger partial charge in [0.2, 0.25) is 0 Å². The molecule has 0 aliphatic rings. The van der Waals surface area contributed by atoms with Crippen LogP contribution in [0.3, 0.4) is 0 Å². The highest BCUT2D eigenvalue weighted by molar-refractivity contribution is 5.84. The van der Waals surface area contributed by atoms with Gasteiger partial charge in [0.05, 0.1) is 5.52 Å². The van der Waals surface area contributed by atoms with Crippen LogP contribution in [0.5, 0.6) is 0 Å². The topological polar surface area (TPSA) is 34.4 Å². The van der Waals surface area contributed by atoms with E-state index < -0.39 is 0 Å². The van der Waals surface area contributed by atoms with Gasteiger partial charge >= 0.3 is 0 Å². The number of aryl methyl sites for hydroxylation is 1. The second kappa shape index (κ2) is 3.44. The summed E-state index contributed by atoms with van der Waals surface area (Å²) in [5.41, 5.74) is 2.44. The van der Waals surface area contributed by atoms with Crippen molar-refractivity contribution in [3.05, 3.63) is 35.4 Å². The molecular formula is C13H16N2O. The van der Waals surface area contributed by atoms with Crippen molar-refractivity contribution < 1.29 is 4.79 Å². The summed E-state index contributed by atoms with van der Waals surface area (Å²) in [6, 6.07) is 5.91. The van der Waals surface area contributed by atoms with Gasteiger partial charge in [-0.15, -0.1) is 0 Å². The predicted molar refractivity (Wildman–Crippen MR) is 64.0 cm³/mol. The first-order valence-electron chi connectivity index (χ1n) is 5.39. The van der Waals surface area contributed by atoms with E-state index in [1.54, 1.807) is 0 Å². The van der Waals surface area contributed by atoms with Gasteiger partial charge in [0, 0.05) is 11.1 Å². The molecule has 0 aromatic carbocycles. The van der Waals surface area contributed by atoms with Gasteiger partial charge in [0.15, 0.2) is 6.29 Å². The van der Waals surface area contributed by atoms with Gasteiger partial charge in [-0.2, -0.15) is 0 Å². The smallest absolute Gasteiger partial charge is 0.170 e. The zero-order valence-electron chi connectivity index (χ0n) is 10.1. The van der Waals surface area contributed by atoms with Crippen molar-refractivity contribution in [2.45, 2.75) is 33.1 Å². The third-order valence-corrected chi connectivity index (χ3v) is 2.67. The van der Waals surface area contributed by atoms with E-state index in [9.17, 15) is 4.79 Å². The van der Waals surface area contributed by atoms with Crippen molar-refractivity contribution in [3.63, 3.8) is 0 Å². The van der Waals surface area contributed by atoms with Crippen LogP contribution in [0.4, 0.5) is 0 Å². The molecule has 0 saturated heterocycles. The molecule has 0 atom stereocenters. The first-order valence-corrected chi connectivity index (χ1v) is 5.39. The molecule has 2 heterocycles. The SMILES string of the molecule is Cc1cccc2c(C=O)nc(C(C)(C)C)n12. The van der Waals surface area contributed by atoms with Crippen molar-refractivity contribution in [2.24, 2.45) is 0 Å². The Kier molecular flexibility index (Phi) is 2.34. The van der Waals surface area contributed by atoms with E-state index in [1.165, 1.54) is 0 Å². The van der Waals surface area contributed by atoms with Gasteiger partial charge < -0.3 is 0 Å². The predicted octanol–water partition coefficient (Wildman–Crippen LogP) is 2.75. The van der Waals surface area contributed by atoms with Crippen LogP contribution in [-0.4, -0.2) is 15.7 Å². The zero-order chi connectivity index (χ0) is 11.9. The Labute approximate surface area is 95.1 Å². The number of aldehydes is 1. The lowest BCUT2D eigenvalue weighted by Gasteiger charge is -2.17. The second-order valence-electron chi connectivity index (χ2n) is 5.08. The molecule has 0 amide bonds. The third kappa shape index (κ3) is 1.52. The van der Waals surface area contributed by atoms with Gasteiger partial charge in [-0.05, 0) is 19.1 Å². The van der Waals surface area contributed by atoms with Crippen molar-refractivity contribution in [3.8, 4) is 0 Å². The summed E-state index contributed by atoms with van der Waals surface area (Å²) in [4.78, 5) is 15.4. The van der Waals surface area contributed by atoms with Gasteiger partial charge in [0.25, 0.3) is 0 Å². The molecular weight excluding hydrogens is 200 g/mol. The molecule has 2 aromatic heterocycles. The minimum absolute atomic E-state index is 0.0731. The number of nitrogens with zero attached hydrogens (tertiary/aromatic N) is 2. The summed E-state index contributed by atoms with van der Waals surface area (Å²) in [6.45, 7) is 8.33. The normalized spacial score (nSPS) is 12.0. The Morgan fingerprint density at radius 1 is 1.31 bits per heavy atom. The fourth-order valence-corrected chi connectivity index (χ4v) is 1.91. The molecule has 0 aliphatic carbocycles. The number of carbonyl (C=O) groups is 1. The van der Waals surface area contributed by atoms with Crippen LogP contribution >= 0.6 is 0 Å². The molecule has 0 aliphatic heterocycles. The summed E-state index contributed by atoms with van der Waals surface area (Å²) >= 11 is 0. The Balaban J connectivity index is 2.90.